The Morgan fingerprint density at radius 2 is 1.84 bits per heavy atom. The number of sulfonamides is 1. The summed E-state index contributed by atoms with van der Waals surface area (Å²) in [6.45, 7) is 0. The van der Waals surface area contributed by atoms with E-state index in [1.54, 1.807) is 12.3 Å². The molecule has 0 amide bonds. The smallest absolute Gasteiger partial charge is 0.284 e. The summed E-state index contributed by atoms with van der Waals surface area (Å²) in [7, 11) is -4.46. The monoisotopic (exact) mass is 502 g/mol. The molecule has 0 radical (unpaired) electrons. The van der Waals surface area contributed by atoms with Gasteiger partial charge in [-0.3, -0.25) is 14.4 Å². The van der Waals surface area contributed by atoms with E-state index >= 15 is 0 Å². The third-order valence-corrected chi connectivity index (χ3v) is 6.23. The fraction of sp³-hybridized carbons (Fsp3) is 0.0556. The molecular weight excluding hydrogens is 492 g/mol. The van der Waals surface area contributed by atoms with E-state index < -0.39 is 31.7 Å². The quantitative estimate of drug-likeness (QED) is 0.408. The second-order valence-corrected chi connectivity index (χ2v) is 8.92. The Hall–Kier alpha value is -3.09. The minimum Gasteiger partial charge on any atom is -0.284 e. The first-order valence-electron chi connectivity index (χ1n) is 8.66. The summed E-state index contributed by atoms with van der Waals surface area (Å²) in [6.07, 6.45) is -1.89. The van der Waals surface area contributed by atoms with E-state index in [9.17, 15) is 21.6 Å². The maximum absolute atomic E-state index is 13.2. The van der Waals surface area contributed by atoms with Gasteiger partial charge in [0.1, 0.15) is 6.33 Å². The summed E-state index contributed by atoms with van der Waals surface area (Å²) in [4.78, 5) is -0.631. The van der Waals surface area contributed by atoms with Gasteiger partial charge in [0.25, 0.3) is 10.0 Å². The molecule has 0 saturated heterocycles. The Balaban J connectivity index is 1.79. The number of nitrogens with one attached hydrogen (secondary N) is 2. The molecule has 32 heavy (non-hydrogen) atoms. The summed E-state index contributed by atoms with van der Waals surface area (Å²) >= 11 is 11.6. The molecule has 4 rings (SSSR count). The number of H-pyrrole nitrogens is 1. The zero-order valence-electron chi connectivity index (χ0n) is 15.6. The second-order valence-electron chi connectivity index (χ2n) is 6.39. The van der Waals surface area contributed by atoms with Crippen molar-refractivity contribution in [2.45, 2.75) is 11.1 Å². The normalized spacial score (nSPS) is 12.2. The molecule has 2 N–H and O–H groups in total. The lowest BCUT2D eigenvalue weighted by Gasteiger charge is -2.15. The molecule has 0 spiro atoms. The van der Waals surface area contributed by atoms with Crippen molar-refractivity contribution in [3.63, 3.8) is 0 Å². The molecule has 0 unspecified atom stereocenters. The van der Waals surface area contributed by atoms with Crippen molar-refractivity contribution in [1.29, 1.82) is 0 Å². The van der Waals surface area contributed by atoms with Crippen LogP contribution < -0.4 is 4.72 Å². The molecule has 0 saturated carbocycles. The molecular formula is C18H11Cl2F3N6O2S. The van der Waals surface area contributed by atoms with Crippen molar-refractivity contribution in [3.8, 4) is 17.2 Å². The molecule has 166 valence electrons. The van der Waals surface area contributed by atoms with Crippen molar-refractivity contribution >= 4 is 38.9 Å². The molecule has 0 atom stereocenters. The Bertz CT molecular complexity index is 1390. The van der Waals surface area contributed by atoms with E-state index in [0.717, 1.165) is 12.1 Å². The van der Waals surface area contributed by atoms with E-state index in [4.69, 9.17) is 23.2 Å². The van der Waals surface area contributed by atoms with Crippen LogP contribution in [-0.4, -0.2) is 33.4 Å². The number of benzene rings is 2. The lowest BCUT2D eigenvalue weighted by Crippen LogP contribution is -2.16. The van der Waals surface area contributed by atoms with Gasteiger partial charge in [0, 0.05) is 22.8 Å². The summed E-state index contributed by atoms with van der Waals surface area (Å²) in [5.74, 6) is 0.653. The van der Waals surface area contributed by atoms with Gasteiger partial charge in [0.15, 0.2) is 11.6 Å². The number of rotatable bonds is 5. The number of hydrogen-bond donors (Lipinski definition) is 2. The summed E-state index contributed by atoms with van der Waals surface area (Å²) < 4.78 is 69.1. The topological polar surface area (TPSA) is 106 Å². The van der Waals surface area contributed by atoms with Crippen molar-refractivity contribution in [2.24, 2.45) is 0 Å². The van der Waals surface area contributed by atoms with Crippen LogP contribution in [0.2, 0.25) is 10.0 Å². The van der Waals surface area contributed by atoms with Crippen molar-refractivity contribution in [3.05, 3.63) is 70.6 Å². The van der Waals surface area contributed by atoms with Gasteiger partial charge in [0.05, 0.1) is 21.2 Å². The minimum absolute atomic E-state index is 0.0224. The zero-order valence-corrected chi connectivity index (χ0v) is 17.9. The van der Waals surface area contributed by atoms with Gasteiger partial charge in [-0.1, -0.05) is 23.2 Å². The van der Waals surface area contributed by atoms with Gasteiger partial charge in [-0.2, -0.15) is 18.3 Å². The highest BCUT2D eigenvalue weighted by molar-refractivity contribution is 7.92. The maximum Gasteiger partial charge on any atom is 0.417 e. The average Bonchev–Trinajstić information content (AvgIpc) is 3.38. The predicted octanol–water partition coefficient (Wildman–Crippen LogP) is 4.78. The van der Waals surface area contributed by atoms with Gasteiger partial charge in [-0.15, -0.1) is 10.2 Å². The molecule has 0 aliphatic carbocycles. The maximum atomic E-state index is 13.2. The molecule has 0 aliphatic rings. The molecule has 2 aromatic carbocycles. The van der Waals surface area contributed by atoms with Crippen molar-refractivity contribution < 1.29 is 21.6 Å². The van der Waals surface area contributed by atoms with Crippen LogP contribution in [0.1, 0.15) is 5.56 Å². The molecule has 2 aromatic heterocycles. The third kappa shape index (κ3) is 4.29. The zero-order chi connectivity index (χ0) is 23.1. The van der Waals surface area contributed by atoms with Crippen LogP contribution >= 0.6 is 23.2 Å². The number of anilines is 1. The van der Waals surface area contributed by atoms with E-state index in [1.165, 1.54) is 29.1 Å². The first-order valence-corrected chi connectivity index (χ1v) is 10.9. The highest BCUT2D eigenvalue weighted by Gasteiger charge is 2.34. The molecule has 2 heterocycles. The van der Waals surface area contributed by atoms with Crippen LogP contribution in [0.5, 0.6) is 0 Å². The van der Waals surface area contributed by atoms with Gasteiger partial charge < -0.3 is 0 Å². The highest BCUT2D eigenvalue weighted by atomic mass is 35.5. The van der Waals surface area contributed by atoms with Crippen molar-refractivity contribution in [1.82, 2.24) is 25.0 Å². The van der Waals surface area contributed by atoms with E-state index in [0.29, 0.717) is 11.9 Å². The molecule has 4 aromatic rings. The summed E-state index contributed by atoms with van der Waals surface area (Å²) in [6, 6.07) is 8.24. The van der Waals surface area contributed by atoms with Crippen LogP contribution in [0.4, 0.5) is 18.9 Å². The number of alkyl halides is 3. The van der Waals surface area contributed by atoms with Crippen LogP contribution in [0.3, 0.4) is 0 Å². The number of hydrogen-bond acceptors (Lipinski definition) is 5. The van der Waals surface area contributed by atoms with Crippen LogP contribution in [0, 0.1) is 0 Å². The average molecular weight is 503 g/mol. The fourth-order valence-electron chi connectivity index (χ4n) is 2.86. The van der Waals surface area contributed by atoms with Gasteiger partial charge in [-0.25, -0.2) is 8.42 Å². The Morgan fingerprint density at radius 3 is 2.53 bits per heavy atom. The number of halogens is 5. The fourth-order valence-corrected chi connectivity index (χ4v) is 4.35. The second kappa shape index (κ2) is 8.11. The Kier molecular flexibility index (Phi) is 5.61. The molecule has 0 fully saturated rings. The lowest BCUT2D eigenvalue weighted by molar-refractivity contribution is -0.137. The first kappa shape index (κ1) is 22.1. The van der Waals surface area contributed by atoms with Gasteiger partial charge >= 0.3 is 6.18 Å². The third-order valence-electron chi connectivity index (χ3n) is 4.30. The van der Waals surface area contributed by atoms with Crippen LogP contribution in [-0.2, 0) is 16.2 Å². The SMILES string of the molecule is O=S(=O)(Nc1cc(Cl)ccc1-c1nncn1-c1cc[nH]n1)c1ccc(Cl)c(C(F)(F)F)c1. The minimum atomic E-state index is -4.83. The summed E-state index contributed by atoms with van der Waals surface area (Å²) in [5.41, 5.74) is -1.03. The number of nitrogens with zero attached hydrogens (tertiary/aromatic N) is 4. The van der Waals surface area contributed by atoms with Crippen LogP contribution in [0.25, 0.3) is 17.2 Å². The summed E-state index contributed by atoms with van der Waals surface area (Å²) in [5, 5.41) is 14.1. The number of aromatic amines is 1. The molecule has 0 bridgehead atoms. The standard InChI is InChI=1S/C18H11Cl2F3N6O2S/c19-10-1-3-12(17-27-25-9-29(17)16-5-6-24-26-16)15(7-10)28-32(30,31)11-2-4-14(20)13(8-11)18(21,22)23/h1-9,28H,(H,24,26). The molecule has 0 aliphatic heterocycles. The Morgan fingerprint density at radius 1 is 1.06 bits per heavy atom. The largest absolute Gasteiger partial charge is 0.417 e. The van der Waals surface area contributed by atoms with E-state index in [2.05, 4.69) is 25.1 Å². The molecule has 14 heteroatoms. The van der Waals surface area contributed by atoms with E-state index in [-0.39, 0.29) is 22.1 Å². The van der Waals surface area contributed by atoms with Gasteiger partial charge in [-0.05, 0) is 36.4 Å². The lowest BCUT2D eigenvalue weighted by atomic mass is 10.1. The van der Waals surface area contributed by atoms with Gasteiger partial charge in [0.2, 0.25) is 0 Å². The predicted molar refractivity (Wildman–Crippen MR) is 111 cm³/mol. The van der Waals surface area contributed by atoms with E-state index in [1.807, 2.05) is 0 Å². The Labute approximate surface area is 189 Å². The molecule has 8 nitrogen and oxygen atoms in total. The first-order chi connectivity index (χ1) is 15.1. The van der Waals surface area contributed by atoms with Crippen LogP contribution in [0.15, 0.2) is 59.9 Å². The van der Waals surface area contributed by atoms with Crippen molar-refractivity contribution in [2.75, 3.05) is 4.72 Å². The number of aromatic nitrogens is 5. The highest BCUT2D eigenvalue weighted by Crippen LogP contribution is 2.37.